The third-order valence-electron chi connectivity index (χ3n) is 3.77. The molecule has 13 heavy (non-hydrogen) atoms. The molecular formula is C11H23NO. The van der Waals surface area contributed by atoms with Gasteiger partial charge in [-0.2, -0.15) is 0 Å². The van der Waals surface area contributed by atoms with E-state index in [-0.39, 0.29) is 0 Å². The molecule has 1 heterocycles. The molecule has 2 nitrogen and oxygen atoms in total. The molecule has 1 saturated heterocycles. The average Bonchev–Trinajstić information content (AvgIpc) is 1.93. The maximum absolute atomic E-state index is 5.82. The third-order valence-corrected chi connectivity index (χ3v) is 3.77. The largest absolute Gasteiger partial charge is 0.380 e. The molecule has 0 aliphatic carbocycles. The Morgan fingerprint density at radius 2 is 1.92 bits per heavy atom. The Kier molecular flexibility index (Phi) is 3.03. The Morgan fingerprint density at radius 1 is 1.38 bits per heavy atom. The van der Waals surface area contributed by atoms with Gasteiger partial charge in [0.25, 0.3) is 0 Å². The van der Waals surface area contributed by atoms with Crippen LogP contribution in [0.2, 0.25) is 0 Å². The summed E-state index contributed by atoms with van der Waals surface area (Å²) >= 11 is 0. The Hall–Kier alpha value is -0.0800. The molecule has 0 bridgehead atoms. The lowest BCUT2D eigenvalue weighted by Crippen LogP contribution is -2.58. The number of hydrogen-bond donors (Lipinski definition) is 1. The van der Waals surface area contributed by atoms with Gasteiger partial charge in [0, 0.05) is 5.41 Å². The lowest BCUT2D eigenvalue weighted by atomic mass is 9.57. The zero-order valence-electron chi connectivity index (χ0n) is 9.39. The fraction of sp³-hybridized carbons (Fsp3) is 1.00. The van der Waals surface area contributed by atoms with Crippen molar-refractivity contribution < 1.29 is 4.74 Å². The van der Waals surface area contributed by atoms with Crippen molar-refractivity contribution in [2.45, 2.75) is 34.1 Å². The number of nitrogens with two attached hydrogens (primary N) is 1. The van der Waals surface area contributed by atoms with Crippen LogP contribution in [0.25, 0.3) is 0 Å². The molecule has 0 aromatic heterocycles. The first kappa shape index (κ1) is 11.0. The summed E-state index contributed by atoms with van der Waals surface area (Å²) in [5.41, 5.74) is 6.46. The van der Waals surface area contributed by atoms with Crippen LogP contribution >= 0.6 is 0 Å². The smallest absolute Gasteiger partial charge is 0.0553 e. The summed E-state index contributed by atoms with van der Waals surface area (Å²) in [5.74, 6) is 0.612. The van der Waals surface area contributed by atoms with Gasteiger partial charge < -0.3 is 10.5 Å². The van der Waals surface area contributed by atoms with Crippen molar-refractivity contribution in [3.8, 4) is 0 Å². The summed E-state index contributed by atoms with van der Waals surface area (Å²) in [6.07, 6.45) is 1.16. The molecule has 0 amide bonds. The van der Waals surface area contributed by atoms with Crippen molar-refractivity contribution in [2.24, 2.45) is 22.5 Å². The summed E-state index contributed by atoms with van der Waals surface area (Å²) in [5, 5.41) is 0. The van der Waals surface area contributed by atoms with E-state index < -0.39 is 0 Å². The van der Waals surface area contributed by atoms with Gasteiger partial charge in [-0.15, -0.1) is 0 Å². The van der Waals surface area contributed by atoms with E-state index in [9.17, 15) is 0 Å². The maximum Gasteiger partial charge on any atom is 0.0553 e. The highest BCUT2D eigenvalue weighted by Gasteiger charge is 2.52. The summed E-state index contributed by atoms with van der Waals surface area (Å²) in [6.45, 7) is 11.7. The van der Waals surface area contributed by atoms with Crippen LogP contribution in [0.1, 0.15) is 34.1 Å². The zero-order chi connectivity index (χ0) is 10.1. The summed E-state index contributed by atoms with van der Waals surface area (Å²) in [6, 6.07) is 0. The molecule has 0 spiro atoms. The van der Waals surface area contributed by atoms with E-state index in [0.29, 0.717) is 16.7 Å². The molecule has 78 valence electrons. The van der Waals surface area contributed by atoms with Crippen molar-refractivity contribution in [1.29, 1.82) is 0 Å². The van der Waals surface area contributed by atoms with Crippen LogP contribution in [0.5, 0.6) is 0 Å². The molecule has 2 N–H and O–H groups in total. The van der Waals surface area contributed by atoms with E-state index >= 15 is 0 Å². The number of rotatable bonds is 3. The molecule has 1 unspecified atom stereocenters. The van der Waals surface area contributed by atoms with Crippen molar-refractivity contribution in [2.75, 3.05) is 19.8 Å². The second-order valence-corrected chi connectivity index (χ2v) is 5.24. The van der Waals surface area contributed by atoms with Gasteiger partial charge in [-0.05, 0) is 17.9 Å². The van der Waals surface area contributed by atoms with E-state index in [1.54, 1.807) is 0 Å². The van der Waals surface area contributed by atoms with E-state index in [1.165, 1.54) is 0 Å². The Labute approximate surface area is 81.8 Å². The fourth-order valence-corrected chi connectivity index (χ4v) is 2.39. The molecule has 1 aliphatic rings. The van der Waals surface area contributed by atoms with Crippen LogP contribution in [0, 0.1) is 16.7 Å². The van der Waals surface area contributed by atoms with E-state index in [4.69, 9.17) is 10.5 Å². The van der Waals surface area contributed by atoms with Crippen molar-refractivity contribution in [1.82, 2.24) is 0 Å². The minimum Gasteiger partial charge on any atom is -0.380 e. The third kappa shape index (κ3) is 1.62. The van der Waals surface area contributed by atoms with Crippen LogP contribution in [0.4, 0.5) is 0 Å². The second kappa shape index (κ2) is 3.58. The normalized spacial score (nSPS) is 23.8. The van der Waals surface area contributed by atoms with Crippen LogP contribution < -0.4 is 5.73 Å². The molecular weight excluding hydrogens is 162 g/mol. The predicted octanol–water partition coefficient (Wildman–Crippen LogP) is 2.03. The van der Waals surface area contributed by atoms with Gasteiger partial charge in [0.05, 0.1) is 13.2 Å². The molecule has 1 fully saturated rings. The first-order valence-corrected chi connectivity index (χ1v) is 5.25. The zero-order valence-corrected chi connectivity index (χ0v) is 9.39. The van der Waals surface area contributed by atoms with Crippen LogP contribution in [0.3, 0.4) is 0 Å². The van der Waals surface area contributed by atoms with Crippen LogP contribution in [-0.4, -0.2) is 19.8 Å². The highest BCUT2D eigenvalue weighted by Crippen LogP contribution is 2.50. The van der Waals surface area contributed by atoms with Crippen molar-refractivity contribution >= 4 is 0 Å². The standard InChI is InChI=1S/C11H23NO/c1-5-9(6-12)11(7-13-8-11)10(2,3)4/h9H,5-8,12H2,1-4H3. The summed E-state index contributed by atoms with van der Waals surface area (Å²) in [7, 11) is 0. The molecule has 0 aromatic rings. The van der Waals surface area contributed by atoms with Gasteiger partial charge in [0.2, 0.25) is 0 Å². The molecule has 2 heteroatoms. The highest BCUT2D eigenvalue weighted by atomic mass is 16.5. The predicted molar refractivity (Wildman–Crippen MR) is 55.5 cm³/mol. The Bertz CT molecular complexity index is 163. The molecule has 0 radical (unpaired) electrons. The highest BCUT2D eigenvalue weighted by molar-refractivity contribution is 4.99. The lowest BCUT2D eigenvalue weighted by molar-refractivity contribution is -0.200. The van der Waals surface area contributed by atoms with E-state index in [2.05, 4.69) is 27.7 Å². The van der Waals surface area contributed by atoms with Crippen LogP contribution in [-0.2, 0) is 4.74 Å². The quantitative estimate of drug-likeness (QED) is 0.730. The van der Waals surface area contributed by atoms with Crippen molar-refractivity contribution in [3.05, 3.63) is 0 Å². The van der Waals surface area contributed by atoms with Gasteiger partial charge in [-0.25, -0.2) is 0 Å². The topological polar surface area (TPSA) is 35.2 Å². The Balaban J connectivity index is 2.80. The molecule has 1 rings (SSSR count). The second-order valence-electron chi connectivity index (χ2n) is 5.24. The van der Waals surface area contributed by atoms with Crippen LogP contribution in [0.15, 0.2) is 0 Å². The molecule has 1 aliphatic heterocycles. The monoisotopic (exact) mass is 185 g/mol. The van der Waals surface area contributed by atoms with Crippen molar-refractivity contribution in [3.63, 3.8) is 0 Å². The first-order valence-electron chi connectivity index (χ1n) is 5.25. The average molecular weight is 185 g/mol. The molecule has 0 saturated carbocycles. The van der Waals surface area contributed by atoms with E-state index in [1.807, 2.05) is 0 Å². The lowest BCUT2D eigenvalue weighted by Gasteiger charge is -2.55. The fourth-order valence-electron chi connectivity index (χ4n) is 2.39. The first-order chi connectivity index (χ1) is 5.98. The van der Waals surface area contributed by atoms with Gasteiger partial charge in [0.15, 0.2) is 0 Å². The van der Waals surface area contributed by atoms with Gasteiger partial charge >= 0.3 is 0 Å². The van der Waals surface area contributed by atoms with Gasteiger partial charge in [0.1, 0.15) is 0 Å². The molecule has 0 aromatic carbocycles. The van der Waals surface area contributed by atoms with Gasteiger partial charge in [-0.1, -0.05) is 34.1 Å². The minimum atomic E-state index is 0.311. The number of hydrogen-bond acceptors (Lipinski definition) is 2. The summed E-state index contributed by atoms with van der Waals surface area (Å²) < 4.78 is 5.39. The minimum absolute atomic E-state index is 0.311. The van der Waals surface area contributed by atoms with E-state index in [0.717, 1.165) is 26.2 Å². The molecule has 1 atom stereocenters. The maximum atomic E-state index is 5.82. The Morgan fingerprint density at radius 3 is 2.00 bits per heavy atom. The number of ether oxygens (including phenoxy) is 1. The summed E-state index contributed by atoms with van der Waals surface area (Å²) in [4.78, 5) is 0. The SMILES string of the molecule is CCC(CN)C1(C(C)(C)C)COC1. The van der Waals surface area contributed by atoms with Gasteiger partial charge in [-0.3, -0.25) is 0 Å².